The summed E-state index contributed by atoms with van der Waals surface area (Å²) in [4.78, 5) is 35.4. The molecule has 0 saturated carbocycles. The van der Waals surface area contributed by atoms with Crippen LogP contribution in [0.5, 0.6) is 0 Å². The number of rotatable bonds is 6. The maximum Gasteiger partial charge on any atom is 0.240 e. The van der Waals surface area contributed by atoms with Gasteiger partial charge in [0.15, 0.2) is 0 Å². The van der Waals surface area contributed by atoms with Crippen molar-refractivity contribution in [3.63, 3.8) is 0 Å². The molecule has 1 aliphatic heterocycles. The van der Waals surface area contributed by atoms with Crippen molar-refractivity contribution in [2.45, 2.75) is 26.2 Å². The zero-order chi connectivity index (χ0) is 12.7. The lowest BCUT2D eigenvalue weighted by Crippen LogP contribution is -2.42. The summed E-state index contributed by atoms with van der Waals surface area (Å²) in [6, 6.07) is 0. The third-order valence-corrected chi connectivity index (χ3v) is 2.52. The van der Waals surface area contributed by atoms with Gasteiger partial charge in [-0.1, -0.05) is 6.92 Å². The summed E-state index contributed by atoms with van der Waals surface area (Å²) < 4.78 is 0. The van der Waals surface area contributed by atoms with E-state index in [9.17, 15) is 14.4 Å². The third kappa shape index (κ3) is 4.84. The van der Waals surface area contributed by atoms with Crippen LogP contribution in [0, 0.1) is 0 Å². The van der Waals surface area contributed by atoms with E-state index in [1.54, 1.807) is 0 Å². The van der Waals surface area contributed by atoms with Gasteiger partial charge < -0.3 is 15.5 Å². The Morgan fingerprint density at radius 2 is 2.06 bits per heavy atom. The summed E-state index contributed by atoms with van der Waals surface area (Å²) in [5.41, 5.74) is 0. The summed E-state index contributed by atoms with van der Waals surface area (Å²) in [6.07, 6.45) is 2.19. The van der Waals surface area contributed by atoms with Crippen LogP contribution in [0.2, 0.25) is 0 Å². The molecule has 0 spiro atoms. The van der Waals surface area contributed by atoms with Gasteiger partial charge in [-0.2, -0.15) is 0 Å². The van der Waals surface area contributed by atoms with Crippen molar-refractivity contribution in [1.29, 1.82) is 0 Å². The van der Waals surface area contributed by atoms with Crippen LogP contribution in [0.4, 0.5) is 0 Å². The van der Waals surface area contributed by atoms with Crippen molar-refractivity contribution in [2.24, 2.45) is 0 Å². The molecule has 0 aromatic carbocycles. The number of nitrogens with one attached hydrogen (secondary N) is 2. The van der Waals surface area contributed by atoms with Crippen molar-refractivity contribution in [2.75, 3.05) is 26.2 Å². The first-order valence-electron chi connectivity index (χ1n) is 5.94. The number of hydrogen-bond donors (Lipinski definition) is 2. The molecule has 1 aliphatic rings. The highest BCUT2D eigenvalue weighted by Crippen LogP contribution is 2.08. The van der Waals surface area contributed by atoms with Crippen LogP contribution >= 0.6 is 0 Å². The fraction of sp³-hybridized carbons (Fsp3) is 0.727. The minimum Gasteiger partial charge on any atom is -0.355 e. The molecule has 6 heteroatoms. The molecule has 0 aromatic heterocycles. The van der Waals surface area contributed by atoms with Gasteiger partial charge in [0.05, 0.1) is 13.1 Å². The number of carbonyl (C=O) groups is 3. The van der Waals surface area contributed by atoms with E-state index in [4.69, 9.17) is 0 Å². The van der Waals surface area contributed by atoms with Gasteiger partial charge >= 0.3 is 0 Å². The molecule has 0 atom stereocenters. The molecule has 3 amide bonds. The van der Waals surface area contributed by atoms with Crippen LogP contribution in [0.3, 0.4) is 0 Å². The Morgan fingerprint density at radius 1 is 1.29 bits per heavy atom. The van der Waals surface area contributed by atoms with E-state index in [1.807, 2.05) is 6.92 Å². The van der Waals surface area contributed by atoms with E-state index in [-0.39, 0.29) is 30.8 Å². The second kappa shape index (κ2) is 6.88. The molecular formula is C11H19N3O3. The smallest absolute Gasteiger partial charge is 0.240 e. The van der Waals surface area contributed by atoms with Crippen LogP contribution in [0.15, 0.2) is 0 Å². The van der Waals surface area contributed by atoms with Crippen molar-refractivity contribution < 1.29 is 14.4 Å². The monoisotopic (exact) mass is 241 g/mol. The Kier molecular flexibility index (Phi) is 5.45. The Hall–Kier alpha value is -1.59. The standard InChI is InChI=1S/C11H19N3O3/c1-2-5-12-9(15)7-13-10(16)8-14-6-3-4-11(14)17/h2-8H2,1H3,(H,12,15)(H,13,16). The number of nitrogens with zero attached hydrogens (tertiary/aromatic N) is 1. The number of likely N-dealkylation sites (tertiary alicyclic amines) is 1. The van der Waals surface area contributed by atoms with Crippen LogP contribution < -0.4 is 10.6 Å². The number of hydrogen-bond acceptors (Lipinski definition) is 3. The fourth-order valence-electron chi connectivity index (χ4n) is 1.61. The van der Waals surface area contributed by atoms with Gasteiger partial charge in [0.2, 0.25) is 17.7 Å². The van der Waals surface area contributed by atoms with E-state index in [0.29, 0.717) is 19.5 Å². The lowest BCUT2D eigenvalue weighted by Gasteiger charge is -2.14. The summed E-state index contributed by atoms with van der Waals surface area (Å²) in [5.74, 6) is -0.476. The van der Waals surface area contributed by atoms with E-state index in [0.717, 1.165) is 12.8 Å². The van der Waals surface area contributed by atoms with Gasteiger partial charge in [0.1, 0.15) is 0 Å². The van der Waals surface area contributed by atoms with Gasteiger partial charge in [-0.3, -0.25) is 14.4 Å². The first-order chi connectivity index (χ1) is 8.13. The maximum absolute atomic E-state index is 11.4. The quantitative estimate of drug-likeness (QED) is 0.642. The average Bonchev–Trinajstić information content (AvgIpc) is 2.69. The second-order valence-electron chi connectivity index (χ2n) is 4.05. The fourth-order valence-corrected chi connectivity index (χ4v) is 1.61. The summed E-state index contributed by atoms with van der Waals surface area (Å²) in [5, 5.41) is 5.15. The van der Waals surface area contributed by atoms with E-state index in [2.05, 4.69) is 10.6 Å². The Bertz CT molecular complexity index is 304. The maximum atomic E-state index is 11.4. The predicted molar refractivity (Wildman–Crippen MR) is 62.1 cm³/mol. The highest BCUT2D eigenvalue weighted by atomic mass is 16.2. The molecule has 0 aliphatic carbocycles. The van der Waals surface area contributed by atoms with Crippen LogP contribution in [-0.4, -0.2) is 48.8 Å². The SMILES string of the molecule is CCCNC(=O)CNC(=O)CN1CCCC1=O. The Labute approximate surface area is 101 Å². The van der Waals surface area contributed by atoms with E-state index in [1.165, 1.54) is 4.90 Å². The van der Waals surface area contributed by atoms with Crippen LogP contribution in [0.1, 0.15) is 26.2 Å². The minimum absolute atomic E-state index is 0.00980. The summed E-state index contributed by atoms with van der Waals surface area (Å²) >= 11 is 0. The van der Waals surface area contributed by atoms with Crippen molar-refractivity contribution in [3.05, 3.63) is 0 Å². The average molecular weight is 241 g/mol. The first-order valence-corrected chi connectivity index (χ1v) is 5.94. The van der Waals surface area contributed by atoms with Gasteiger partial charge in [0, 0.05) is 19.5 Å². The second-order valence-corrected chi connectivity index (χ2v) is 4.05. The Morgan fingerprint density at radius 3 is 2.65 bits per heavy atom. The highest BCUT2D eigenvalue weighted by Gasteiger charge is 2.22. The molecule has 0 radical (unpaired) electrons. The lowest BCUT2D eigenvalue weighted by atomic mass is 10.4. The molecule has 17 heavy (non-hydrogen) atoms. The number of carbonyl (C=O) groups excluding carboxylic acids is 3. The molecule has 0 aromatic rings. The van der Waals surface area contributed by atoms with Gasteiger partial charge in [-0.05, 0) is 12.8 Å². The summed E-state index contributed by atoms with van der Waals surface area (Å²) in [7, 11) is 0. The molecule has 96 valence electrons. The zero-order valence-corrected chi connectivity index (χ0v) is 10.1. The minimum atomic E-state index is -0.285. The predicted octanol–water partition coefficient (Wildman–Crippen LogP) is -0.749. The highest BCUT2D eigenvalue weighted by molar-refractivity contribution is 5.88. The molecule has 6 nitrogen and oxygen atoms in total. The topological polar surface area (TPSA) is 78.5 Å². The van der Waals surface area contributed by atoms with Crippen molar-refractivity contribution >= 4 is 17.7 Å². The molecule has 0 unspecified atom stereocenters. The molecule has 1 saturated heterocycles. The first kappa shape index (κ1) is 13.5. The van der Waals surface area contributed by atoms with Crippen molar-refractivity contribution in [3.8, 4) is 0 Å². The molecule has 1 rings (SSSR count). The van der Waals surface area contributed by atoms with Crippen LogP contribution in [-0.2, 0) is 14.4 Å². The Balaban J connectivity index is 2.16. The molecule has 0 bridgehead atoms. The molecule has 1 heterocycles. The largest absolute Gasteiger partial charge is 0.355 e. The summed E-state index contributed by atoms with van der Waals surface area (Å²) in [6.45, 7) is 3.23. The van der Waals surface area contributed by atoms with Gasteiger partial charge in [0.25, 0.3) is 0 Å². The molecular weight excluding hydrogens is 222 g/mol. The van der Waals surface area contributed by atoms with E-state index < -0.39 is 0 Å². The zero-order valence-electron chi connectivity index (χ0n) is 10.1. The molecule has 2 N–H and O–H groups in total. The van der Waals surface area contributed by atoms with Gasteiger partial charge in [-0.25, -0.2) is 0 Å². The third-order valence-electron chi connectivity index (χ3n) is 2.52. The van der Waals surface area contributed by atoms with E-state index >= 15 is 0 Å². The lowest BCUT2D eigenvalue weighted by molar-refractivity contribution is -0.133. The van der Waals surface area contributed by atoms with Gasteiger partial charge in [-0.15, -0.1) is 0 Å². The van der Waals surface area contributed by atoms with Crippen molar-refractivity contribution in [1.82, 2.24) is 15.5 Å². The molecule has 1 fully saturated rings. The van der Waals surface area contributed by atoms with Crippen LogP contribution in [0.25, 0.3) is 0 Å². The number of amides is 3. The normalized spacial score (nSPS) is 14.9.